The molecule has 0 atom stereocenters. The molecule has 0 bridgehead atoms. The fraction of sp³-hybridized carbons (Fsp3) is 0.611. The summed E-state index contributed by atoms with van der Waals surface area (Å²) in [5.41, 5.74) is 3.47. The van der Waals surface area contributed by atoms with Crippen LogP contribution >= 0.6 is 0 Å². The third kappa shape index (κ3) is 2.78. The highest BCUT2D eigenvalue weighted by Crippen LogP contribution is 2.67. The minimum Gasteiger partial charge on any atom is -0.385 e. The highest BCUT2D eigenvalue weighted by atomic mass is 16.1. The molecule has 0 unspecified atom stereocenters. The second kappa shape index (κ2) is 5.36. The van der Waals surface area contributed by atoms with E-state index in [0.717, 1.165) is 29.9 Å². The fourth-order valence-electron chi connectivity index (χ4n) is 3.37. The molecule has 1 fully saturated rings. The molecule has 0 spiro atoms. The summed E-state index contributed by atoms with van der Waals surface area (Å²) in [6.45, 7) is 14.8. The molecule has 116 valence electrons. The average Bonchev–Trinajstić information content (AvgIpc) is 2.77. The van der Waals surface area contributed by atoms with Gasteiger partial charge in [-0.2, -0.15) is 0 Å². The first-order valence-corrected chi connectivity index (χ1v) is 7.84. The van der Waals surface area contributed by atoms with E-state index in [2.05, 4.69) is 45.3 Å². The number of rotatable bonds is 5. The van der Waals surface area contributed by atoms with E-state index in [1.165, 1.54) is 0 Å². The van der Waals surface area contributed by atoms with Gasteiger partial charge >= 0.3 is 0 Å². The minimum atomic E-state index is 0.0362. The van der Waals surface area contributed by atoms with E-state index in [1.807, 2.05) is 25.1 Å². The Morgan fingerprint density at radius 3 is 2.29 bits per heavy atom. The Balaban J connectivity index is 1.99. The van der Waals surface area contributed by atoms with Gasteiger partial charge in [-0.1, -0.05) is 27.7 Å². The number of nitrogens with one attached hydrogen (secondary N) is 2. The molecule has 0 heterocycles. The zero-order valence-corrected chi connectivity index (χ0v) is 14.1. The molecule has 21 heavy (non-hydrogen) atoms. The summed E-state index contributed by atoms with van der Waals surface area (Å²) in [6, 6.07) is 5.91. The van der Waals surface area contributed by atoms with E-state index in [1.54, 1.807) is 0 Å². The second-order valence-corrected chi connectivity index (χ2v) is 7.27. The summed E-state index contributed by atoms with van der Waals surface area (Å²) < 4.78 is 0. The monoisotopic (exact) mass is 288 g/mol. The Morgan fingerprint density at radius 2 is 1.81 bits per heavy atom. The molecule has 2 N–H and O–H groups in total. The molecule has 1 saturated carbocycles. The summed E-state index contributed by atoms with van der Waals surface area (Å²) >= 11 is 0. The topological polar surface area (TPSA) is 41.1 Å². The van der Waals surface area contributed by atoms with Gasteiger partial charge in [0, 0.05) is 24.3 Å². The van der Waals surface area contributed by atoms with Crippen molar-refractivity contribution >= 4 is 11.6 Å². The molecule has 1 amide bonds. The van der Waals surface area contributed by atoms with Gasteiger partial charge in [0.25, 0.3) is 5.91 Å². The molecule has 2 rings (SSSR count). The van der Waals surface area contributed by atoms with E-state index in [0.29, 0.717) is 16.7 Å². The molecule has 0 saturated heterocycles. The Hall–Kier alpha value is -1.51. The molecule has 3 heteroatoms. The lowest BCUT2D eigenvalue weighted by Gasteiger charge is -2.11. The largest absolute Gasteiger partial charge is 0.385 e. The number of carbonyl (C=O) groups excluding carboxylic acids is 1. The summed E-state index contributed by atoms with van der Waals surface area (Å²) in [7, 11) is 0. The average molecular weight is 288 g/mol. The van der Waals surface area contributed by atoms with Gasteiger partial charge in [0.05, 0.1) is 0 Å². The van der Waals surface area contributed by atoms with Crippen LogP contribution in [0.15, 0.2) is 18.2 Å². The zero-order valence-electron chi connectivity index (χ0n) is 14.1. The summed E-state index contributed by atoms with van der Waals surface area (Å²) in [4.78, 5) is 12.4. The van der Waals surface area contributed by atoms with Crippen LogP contribution in [0.25, 0.3) is 0 Å². The van der Waals surface area contributed by atoms with Gasteiger partial charge in [-0.3, -0.25) is 4.79 Å². The van der Waals surface area contributed by atoms with Gasteiger partial charge in [-0.25, -0.2) is 0 Å². The van der Waals surface area contributed by atoms with Crippen LogP contribution in [0.1, 0.15) is 50.5 Å². The molecule has 0 radical (unpaired) electrons. The molecule has 1 aliphatic rings. The molecule has 0 aromatic heterocycles. The zero-order chi connectivity index (χ0) is 15.8. The van der Waals surface area contributed by atoms with E-state index >= 15 is 0 Å². The van der Waals surface area contributed by atoms with Crippen LogP contribution in [0.4, 0.5) is 5.69 Å². The van der Waals surface area contributed by atoms with Gasteiger partial charge in [0.15, 0.2) is 0 Å². The summed E-state index contributed by atoms with van der Waals surface area (Å²) in [5, 5.41) is 6.37. The molecule has 0 aliphatic heterocycles. The maximum absolute atomic E-state index is 12.4. The maximum atomic E-state index is 12.4. The molecule has 1 aromatic rings. The molecule has 1 aliphatic carbocycles. The number of benzene rings is 1. The molecule has 1 aromatic carbocycles. The lowest BCUT2D eigenvalue weighted by molar-refractivity contribution is 0.0949. The van der Waals surface area contributed by atoms with Gasteiger partial charge in [-0.05, 0) is 54.4 Å². The third-order valence-corrected chi connectivity index (χ3v) is 5.64. The van der Waals surface area contributed by atoms with Crippen LogP contribution in [0.3, 0.4) is 0 Å². The highest BCUT2D eigenvalue weighted by Gasteiger charge is 2.64. The van der Waals surface area contributed by atoms with Crippen molar-refractivity contribution in [3.05, 3.63) is 29.3 Å². The smallest absolute Gasteiger partial charge is 0.251 e. The van der Waals surface area contributed by atoms with Crippen LogP contribution in [0.5, 0.6) is 0 Å². The number of hydrogen-bond acceptors (Lipinski definition) is 2. The number of hydrogen-bond donors (Lipinski definition) is 2. The Kier molecular flexibility index (Phi) is 4.05. The second-order valence-electron chi connectivity index (χ2n) is 7.27. The first-order chi connectivity index (χ1) is 9.71. The van der Waals surface area contributed by atoms with Gasteiger partial charge < -0.3 is 10.6 Å². The first kappa shape index (κ1) is 15.9. The van der Waals surface area contributed by atoms with Crippen LogP contribution in [0.2, 0.25) is 0 Å². The molecular formula is C18H28N2O. The highest BCUT2D eigenvalue weighted by molar-refractivity contribution is 5.96. The van der Waals surface area contributed by atoms with E-state index in [4.69, 9.17) is 0 Å². The summed E-state index contributed by atoms with van der Waals surface area (Å²) in [5.74, 6) is 0.587. The Labute approximate surface area is 128 Å². The lowest BCUT2D eigenvalue weighted by Crippen LogP contribution is -2.27. The van der Waals surface area contributed by atoms with E-state index < -0.39 is 0 Å². The number of aryl methyl sites for hydroxylation is 1. The van der Waals surface area contributed by atoms with Crippen molar-refractivity contribution in [2.24, 2.45) is 16.7 Å². The van der Waals surface area contributed by atoms with Gasteiger partial charge in [0.1, 0.15) is 0 Å². The van der Waals surface area contributed by atoms with Gasteiger partial charge in [0.2, 0.25) is 0 Å². The fourth-order valence-corrected chi connectivity index (χ4v) is 3.37. The van der Waals surface area contributed by atoms with Crippen LogP contribution in [-0.4, -0.2) is 19.0 Å². The normalized spacial score (nSPS) is 19.1. The summed E-state index contributed by atoms with van der Waals surface area (Å²) in [6.07, 6.45) is 0. The molecule has 3 nitrogen and oxygen atoms in total. The van der Waals surface area contributed by atoms with Crippen molar-refractivity contribution in [2.45, 2.75) is 41.5 Å². The number of amides is 1. The number of carbonyl (C=O) groups is 1. The van der Waals surface area contributed by atoms with Crippen LogP contribution < -0.4 is 10.6 Å². The van der Waals surface area contributed by atoms with E-state index in [9.17, 15) is 4.79 Å². The standard InChI is InChI=1S/C18H28N2O/c1-7-19-13-8-9-14(12(2)10-13)16(21)20-11-15-17(3,4)18(15,5)6/h8-10,15,19H,7,11H2,1-6H3,(H,20,21). The molecular weight excluding hydrogens is 260 g/mol. The van der Waals surface area contributed by atoms with Gasteiger partial charge in [-0.15, -0.1) is 0 Å². The first-order valence-electron chi connectivity index (χ1n) is 7.84. The lowest BCUT2D eigenvalue weighted by atomic mass is 10.0. The Morgan fingerprint density at radius 1 is 1.19 bits per heavy atom. The predicted octanol–water partition coefficient (Wildman–Crippen LogP) is 3.84. The van der Waals surface area contributed by atoms with E-state index in [-0.39, 0.29) is 5.91 Å². The number of anilines is 1. The van der Waals surface area contributed by atoms with Crippen molar-refractivity contribution in [1.29, 1.82) is 0 Å². The minimum absolute atomic E-state index is 0.0362. The van der Waals surface area contributed by atoms with Crippen molar-refractivity contribution in [1.82, 2.24) is 5.32 Å². The van der Waals surface area contributed by atoms with Crippen molar-refractivity contribution in [3.63, 3.8) is 0 Å². The SMILES string of the molecule is CCNc1ccc(C(=O)NCC2C(C)(C)C2(C)C)c(C)c1. The third-order valence-electron chi connectivity index (χ3n) is 5.64. The Bertz CT molecular complexity index is 532. The maximum Gasteiger partial charge on any atom is 0.251 e. The van der Waals surface area contributed by atoms with Crippen LogP contribution in [0, 0.1) is 23.7 Å². The van der Waals surface area contributed by atoms with Crippen molar-refractivity contribution < 1.29 is 4.79 Å². The predicted molar refractivity (Wildman–Crippen MR) is 88.7 cm³/mol. The van der Waals surface area contributed by atoms with Crippen molar-refractivity contribution in [2.75, 3.05) is 18.4 Å². The quantitative estimate of drug-likeness (QED) is 0.864. The van der Waals surface area contributed by atoms with Crippen LogP contribution in [-0.2, 0) is 0 Å². The van der Waals surface area contributed by atoms with Crippen molar-refractivity contribution in [3.8, 4) is 0 Å².